The molecule has 1 atom stereocenters. The molecule has 3 aromatic rings. The summed E-state index contributed by atoms with van der Waals surface area (Å²) in [6, 6.07) is 12.7. The second-order valence-electron chi connectivity index (χ2n) is 7.99. The van der Waals surface area contributed by atoms with Crippen molar-refractivity contribution >= 4 is 28.5 Å². The van der Waals surface area contributed by atoms with Crippen LogP contribution in [0, 0.1) is 0 Å². The van der Waals surface area contributed by atoms with Crippen molar-refractivity contribution in [2.75, 3.05) is 26.2 Å². The van der Waals surface area contributed by atoms with Gasteiger partial charge in [-0.2, -0.15) is 0 Å². The van der Waals surface area contributed by atoms with Crippen LogP contribution in [-0.4, -0.2) is 51.6 Å². The Kier molecular flexibility index (Phi) is 6.46. The maximum absolute atomic E-state index is 12.7. The van der Waals surface area contributed by atoms with E-state index in [1.165, 1.54) is 0 Å². The Morgan fingerprint density at radius 1 is 1.23 bits per heavy atom. The summed E-state index contributed by atoms with van der Waals surface area (Å²) in [7, 11) is 0. The summed E-state index contributed by atoms with van der Waals surface area (Å²) >= 11 is 5.92. The highest BCUT2D eigenvalue weighted by Gasteiger charge is 2.25. The van der Waals surface area contributed by atoms with E-state index in [1.54, 1.807) is 24.3 Å². The standard InChI is InChI=1S/C23H27ClN4O3/c1-2-25-22(30)16-5-8-20-19(13-16)26-23(31)28(20)18-9-11-27(12-10-18)14-21(29)15-3-6-17(24)7-4-15/h3-8,13,18,21,29H,2,9-12,14H2,1H3,(H,25,30)(H,26,31). The average molecular weight is 443 g/mol. The number of β-amino-alcohol motifs (C(OH)–C–C–N with tert-alkyl or cyclic N) is 1. The maximum Gasteiger partial charge on any atom is 0.326 e. The van der Waals surface area contributed by atoms with Crippen molar-refractivity contribution in [3.63, 3.8) is 0 Å². The van der Waals surface area contributed by atoms with Crippen LogP contribution in [-0.2, 0) is 0 Å². The third-order valence-corrected chi connectivity index (χ3v) is 6.18. The van der Waals surface area contributed by atoms with E-state index in [9.17, 15) is 14.7 Å². The quantitative estimate of drug-likeness (QED) is 0.547. The van der Waals surface area contributed by atoms with Crippen molar-refractivity contribution in [2.24, 2.45) is 0 Å². The van der Waals surface area contributed by atoms with Crippen LogP contribution in [0.5, 0.6) is 0 Å². The molecule has 3 N–H and O–H groups in total. The van der Waals surface area contributed by atoms with Crippen molar-refractivity contribution in [3.8, 4) is 0 Å². The van der Waals surface area contributed by atoms with Crippen LogP contribution < -0.4 is 11.0 Å². The number of hydrogen-bond donors (Lipinski definition) is 3. The summed E-state index contributed by atoms with van der Waals surface area (Å²) in [6.07, 6.45) is 1.06. The Labute approximate surface area is 185 Å². The number of aliphatic hydroxyl groups is 1. The molecule has 0 bridgehead atoms. The zero-order valence-electron chi connectivity index (χ0n) is 17.5. The van der Waals surface area contributed by atoms with Crippen molar-refractivity contribution in [2.45, 2.75) is 31.9 Å². The highest BCUT2D eigenvalue weighted by Crippen LogP contribution is 2.27. The lowest BCUT2D eigenvalue weighted by molar-refractivity contribution is 0.0906. The van der Waals surface area contributed by atoms with E-state index in [-0.39, 0.29) is 17.6 Å². The molecule has 2 heterocycles. The molecule has 1 unspecified atom stereocenters. The Hall–Kier alpha value is -2.61. The molecule has 0 radical (unpaired) electrons. The number of piperidine rings is 1. The number of H-pyrrole nitrogens is 1. The number of nitrogens with one attached hydrogen (secondary N) is 2. The monoisotopic (exact) mass is 442 g/mol. The molecule has 1 aliphatic rings. The van der Waals surface area contributed by atoms with Gasteiger partial charge in [-0.3, -0.25) is 9.36 Å². The zero-order valence-corrected chi connectivity index (χ0v) is 18.2. The molecule has 1 fully saturated rings. The third-order valence-electron chi connectivity index (χ3n) is 5.92. The van der Waals surface area contributed by atoms with E-state index in [4.69, 9.17) is 11.6 Å². The molecule has 31 heavy (non-hydrogen) atoms. The molecule has 1 aromatic heterocycles. The predicted octanol–water partition coefficient (Wildman–Crippen LogP) is 3.10. The van der Waals surface area contributed by atoms with Crippen LogP contribution in [0.15, 0.2) is 47.3 Å². The first-order chi connectivity index (χ1) is 15.0. The number of fused-ring (bicyclic) bond motifs is 1. The van der Waals surface area contributed by atoms with Crippen molar-refractivity contribution < 1.29 is 9.90 Å². The highest BCUT2D eigenvalue weighted by atomic mass is 35.5. The van der Waals surface area contributed by atoms with Gasteiger partial charge in [0.2, 0.25) is 0 Å². The normalized spacial score (nSPS) is 16.5. The van der Waals surface area contributed by atoms with Gasteiger partial charge in [-0.05, 0) is 55.7 Å². The fourth-order valence-corrected chi connectivity index (χ4v) is 4.42. The van der Waals surface area contributed by atoms with Gasteiger partial charge < -0.3 is 20.3 Å². The largest absolute Gasteiger partial charge is 0.387 e. The number of nitrogens with zero attached hydrogens (tertiary/aromatic N) is 2. The van der Waals surface area contributed by atoms with Crippen LogP contribution in [0.4, 0.5) is 0 Å². The molecule has 0 spiro atoms. The van der Waals surface area contributed by atoms with Gasteiger partial charge in [-0.15, -0.1) is 0 Å². The molecule has 2 aromatic carbocycles. The van der Waals surface area contributed by atoms with Gasteiger partial charge in [0.05, 0.1) is 17.1 Å². The van der Waals surface area contributed by atoms with E-state index >= 15 is 0 Å². The number of imidazole rings is 1. The summed E-state index contributed by atoms with van der Waals surface area (Å²) in [5.74, 6) is -0.148. The van der Waals surface area contributed by atoms with Crippen LogP contribution in [0.25, 0.3) is 11.0 Å². The molecule has 1 aliphatic heterocycles. The van der Waals surface area contributed by atoms with Gasteiger partial charge in [-0.25, -0.2) is 4.79 Å². The van der Waals surface area contributed by atoms with Crippen LogP contribution in [0.3, 0.4) is 0 Å². The number of rotatable bonds is 6. The van der Waals surface area contributed by atoms with Crippen molar-refractivity contribution in [1.82, 2.24) is 19.8 Å². The number of likely N-dealkylation sites (tertiary alicyclic amines) is 1. The fraction of sp³-hybridized carbons (Fsp3) is 0.391. The lowest BCUT2D eigenvalue weighted by Crippen LogP contribution is -2.39. The molecule has 164 valence electrons. The first kappa shape index (κ1) is 21.6. The summed E-state index contributed by atoms with van der Waals surface area (Å²) in [4.78, 5) is 29.9. The van der Waals surface area contributed by atoms with E-state index in [2.05, 4.69) is 15.2 Å². The lowest BCUT2D eigenvalue weighted by Gasteiger charge is -2.33. The second-order valence-corrected chi connectivity index (χ2v) is 8.43. The Balaban J connectivity index is 1.43. The van der Waals surface area contributed by atoms with Gasteiger partial charge in [0.1, 0.15) is 0 Å². The molecule has 1 saturated heterocycles. The molecule has 4 rings (SSSR count). The first-order valence-corrected chi connectivity index (χ1v) is 11.0. The molecular weight excluding hydrogens is 416 g/mol. The number of halogens is 1. The number of benzene rings is 2. The van der Waals surface area contributed by atoms with Gasteiger partial charge in [0, 0.05) is 42.8 Å². The Morgan fingerprint density at radius 2 is 1.94 bits per heavy atom. The number of aromatic amines is 1. The van der Waals surface area contributed by atoms with E-state index in [0.29, 0.717) is 29.2 Å². The number of carbonyl (C=O) groups is 1. The van der Waals surface area contributed by atoms with Crippen LogP contribution >= 0.6 is 11.6 Å². The number of hydrogen-bond acceptors (Lipinski definition) is 4. The molecule has 0 aliphatic carbocycles. The topological polar surface area (TPSA) is 90.4 Å². The summed E-state index contributed by atoms with van der Waals surface area (Å²) < 4.78 is 1.81. The number of carbonyl (C=O) groups excluding carboxylic acids is 1. The van der Waals surface area contributed by atoms with Crippen LogP contribution in [0.1, 0.15) is 47.8 Å². The predicted molar refractivity (Wildman–Crippen MR) is 122 cm³/mol. The van der Waals surface area contributed by atoms with Gasteiger partial charge in [-0.1, -0.05) is 23.7 Å². The Morgan fingerprint density at radius 3 is 2.61 bits per heavy atom. The number of aliphatic hydroxyl groups excluding tert-OH is 1. The minimum Gasteiger partial charge on any atom is -0.387 e. The van der Waals surface area contributed by atoms with Crippen molar-refractivity contribution in [1.29, 1.82) is 0 Å². The molecular formula is C23H27ClN4O3. The lowest BCUT2D eigenvalue weighted by atomic mass is 10.0. The highest BCUT2D eigenvalue weighted by molar-refractivity contribution is 6.30. The zero-order chi connectivity index (χ0) is 22.0. The first-order valence-electron chi connectivity index (χ1n) is 10.6. The molecule has 7 nitrogen and oxygen atoms in total. The van der Waals surface area contributed by atoms with Gasteiger partial charge in [0.15, 0.2) is 0 Å². The van der Waals surface area contributed by atoms with E-state index in [0.717, 1.165) is 37.0 Å². The van der Waals surface area contributed by atoms with Gasteiger partial charge >= 0.3 is 5.69 Å². The van der Waals surface area contributed by atoms with Gasteiger partial charge in [0.25, 0.3) is 5.91 Å². The van der Waals surface area contributed by atoms with E-state index < -0.39 is 6.10 Å². The van der Waals surface area contributed by atoms with Crippen molar-refractivity contribution in [3.05, 3.63) is 69.1 Å². The fourth-order valence-electron chi connectivity index (χ4n) is 4.29. The Bertz CT molecular complexity index is 1110. The van der Waals surface area contributed by atoms with Crippen LogP contribution in [0.2, 0.25) is 5.02 Å². The SMILES string of the molecule is CCNC(=O)c1ccc2c(c1)[nH]c(=O)n2C1CCN(CC(O)c2ccc(Cl)cc2)CC1. The second kappa shape index (κ2) is 9.26. The minimum absolute atomic E-state index is 0.0838. The smallest absolute Gasteiger partial charge is 0.326 e. The third kappa shape index (κ3) is 4.69. The summed E-state index contributed by atoms with van der Waals surface area (Å²) in [6.45, 7) is 4.57. The number of aromatic nitrogens is 2. The maximum atomic E-state index is 12.7. The van der Waals surface area contributed by atoms with E-state index in [1.807, 2.05) is 29.7 Å². The average Bonchev–Trinajstić information content (AvgIpc) is 3.09. The molecule has 8 heteroatoms. The summed E-state index contributed by atoms with van der Waals surface area (Å²) in [5.41, 5.74) is 2.73. The summed E-state index contributed by atoms with van der Waals surface area (Å²) in [5, 5.41) is 14.0. The minimum atomic E-state index is -0.572. The molecule has 0 saturated carbocycles. The molecule has 1 amide bonds. The number of amides is 1.